The van der Waals surface area contributed by atoms with Crippen molar-refractivity contribution in [1.29, 1.82) is 0 Å². The van der Waals surface area contributed by atoms with Crippen LogP contribution in [0.2, 0.25) is 0 Å². The van der Waals surface area contributed by atoms with Crippen LogP contribution in [0, 0.1) is 11.8 Å². The van der Waals surface area contributed by atoms with E-state index in [9.17, 15) is 18.0 Å². The van der Waals surface area contributed by atoms with Crippen molar-refractivity contribution < 1.29 is 18.0 Å². The Kier molecular flexibility index (Phi) is 8.22. The Morgan fingerprint density at radius 2 is 2.00 bits per heavy atom. The average Bonchev–Trinajstić information content (AvgIpc) is 2.54. The van der Waals surface area contributed by atoms with Crippen molar-refractivity contribution in [3.8, 4) is 0 Å². The molecule has 0 saturated heterocycles. The Bertz CT molecular complexity index is 565. The summed E-state index contributed by atoms with van der Waals surface area (Å²) in [6, 6.07) is 5.26. The number of halogens is 4. The van der Waals surface area contributed by atoms with Gasteiger partial charge < -0.3 is 11.1 Å². The molecule has 3 nitrogen and oxygen atoms in total. The van der Waals surface area contributed by atoms with E-state index >= 15 is 0 Å². The minimum Gasteiger partial charge on any atom is -0.353 e. The van der Waals surface area contributed by atoms with Crippen molar-refractivity contribution in [2.45, 2.75) is 51.2 Å². The molecule has 1 aromatic carbocycles. The minimum atomic E-state index is -4.36. The van der Waals surface area contributed by atoms with E-state index in [2.05, 4.69) is 5.32 Å². The first-order valence-corrected chi connectivity index (χ1v) is 8.48. The largest absolute Gasteiger partial charge is 0.416 e. The molecule has 142 valence electrons. The zero-order valence-electron chi connectivity index (χ0n) is 14.3. The third kappa shape index (κ3) is 6.19. The number of nitrogens with two attached hydrogens (primary N) is 1. The lowest BCUT2D eigenvalue weighted by Crippen LogP contribution is -2.46. The van der Waals surface area contributed by atoms with E-state index in [4.69, 9.17) is 5.73 Å². The van der Waals surface area contributed by atoms with Gasteiger partial charge in [0.05, 0.1) is 5.56 Å². The van der Waals surface area contributed by atoms with Crippen LogP contribution in [-0.4, -0.2) is 18.5 Å². The van der Waals surface area contributed by atoms with E-state index < -0.39 is 11.7 Å². The lowest BCUT2D eigenvalue weighted by atomic mass is 9.84. The molecule has 1 aliphatic rings. The highest BCUT2D eigenvalue weighted by atomic mass is 35.5. The topological polar surface area (TPSA) is 55.1 Å². The first kappa shape index (κ1) is 21.8. The highest BCUT2D eigenvalue weighted by molar-refractivity contribution is 5.85. The predicted octanol–water partition coefficient (Wildman–Crippen LogP) is 3.94. The highest BCUT2D eigenvalue weighted by Crippen LogP contribution is 2.30. The molecule has 0 radical (unpaired) electrons. The molecule has 1 amide bonds. The monoisotopic (exact) mass is 378 g/mol. The van der Waals surface area contributed by atoms with Gasteiger partial charge >= 0.3 is 6.18 Å². The van der Waals surface area contributed by atoms with Crippen molar-refractivity contribution >= 4 is 18.3 Å². The fraction of sp³-hybridized carbons (Fsp3) is 0.611. The number of hydrogen-bond acceptors (Lipinski definition) is 2. The highest BCUT2D eigenvalue weighted by Gasteiger charge is 2.31. The Hall–Kier alpha value is -1.27. The zero-order chi connectivity index (χ0) is 17.7. The summed E-state index contributed by atoms with van der Waals surface area (Å²) in [5, 5.41) is 3.04. The second kappa shape index (κ2) is 9.43. The molecule has 0 aromatic heterocycles. The van der Waals surface area contributed by atoms with E-state index in [1.54, 1.807) is 13.0 Å². The van der Waals surface area contributed by atoms with Gasteiger partial charge in [-0.05, 0) is 43.4 Å². The number of amides is 1. The maximum atomic E-state index is 12.8. The number of rotatable bonds is 5. The van der Waals surface area contributed by atoms with Gasteiger partial charge in [-0.2, -0.15) is 13.2 Å². The number of hydrogen-bond donors (Lipinski definition) is 2. The Balaban J connectivity index is 0.00000312. The molecule has 1 aromatic rings. The summed E-state index contributed by atoms with van der Waals surface area (Å²) in [7, 11) is 0. The van der Waals surface area contributed by atoms with Gasteiger partial charge in [-0.1, -0.05) is 38.0 Å². The maximum Gasteiger partial charge on any atom is 0.416 e. The van der Waals surface area contributed by atoms with Crippen LogP contribution >= 0.6 is 12.4 Å². The Morgan fingerprint density at radius 3 is 2.64 bits per heavy atom. The first-order valence-electron chi connectivity index (χ1n) is 8.48. The average molecular weight is 379 g/mol. The lowest BCUT2D eigenvalue weighted by Gasteiger charge is -2.32. The molecule has 0 heterocycles. The van der Waals surface area contributed by atoms with E-state index in [0.717, 1.165) is 37.8 Å². The van der Waals surface area contributed by atoms with Crippen molar-refractivity contribution in [2.24, 2.45) is 17.6 Å². The maximum absolute atomic E-state index is 12.8. The smallest absolute Gasteiger partial charge is 0.353 e. The molecule has 1 fully saturated rings. The summed E-state index contributed by atoms with van der Waals surface area (Å²) in [6.45, 7) is 2.29. The van der Waals surface area contributed by atoms with E-state index in [1.165, 1.54) is 6.07 Å². The second-order valence-electron chi connectivity index (χ2n) is 6.70. The summed E-state index contributed by atoms with van der Waals surface area (Å²) in [6.07, 6.45) is 0.0680. The van der Waals surface area contributed by atoms with Crippen molar-refractivity contribution in [3.63, 3.8) is 0 Å². The van der Waals surface area contributed by atoms with Crippen LogP contribution in [0.3, 0.4) is 0 Å². The van der Waals surface area contributed by atoms with Gasteiger partial charge in [-0.15, -0.1) is 12.4 Å². The number of carbonyl (C=O) groups excluding carboxylic acids is 1. The van der Waals surface area contributed by atoms with Crippen LogP contribution in [0.4, 0.5) is 13.2 Å². The molecule has 3 unspecified atom stereocenters. The minimum absolute atomic E-state index is 0. The second-order valence-corrected chi connectivity index (χ2v) is 6.70. The number of benzene rings is 1. The van der Waals surface area contributed by atoms with E-state index in [0.29, 0.717) is 18.0 Å². The summed E-state index contributed by atoms with van der Waals surface area (Å²) >= 11 is 0. The van der Waals surface area contributed by atoms with Gasteiger partial charge in [-0.3, -0.25) is 4.79 Å². The van der Waals surface area contributed by atoms with Gasteiger partial charge in [-0.25, -0.2) is 0 Å². The van der Waals surface area contributed by atoms with Crippen LogP contribution in [0.15, 0.2) is 24.3 Å². The molecule has 3 N–H and O–H groups in total. The number of carbonyl (C=O) groups is 1. The quantitative estimate of drug-likeness (QED) is 0.815. The van der Waals surface area contributed by atoms with Crippen LogP contribution in [-0.2, 0) is 17.4 Å². The van der Waals surface area contributed by atoms with Gasteiger partial charge in [0.15, 0.2) is 0 Å². The Morgan fingerprint density at radius 1 is 1.32 bits per heavy atom. The predicted molar refractivity (Wildman–Crippen MR) is 94.5 cm³/mol. The third-order valence-corrected chi connectivity index (χ3v) is 4.78. The fourth-order valence-corrected chi connectivity index (χ4v) is 3.33. The molecule has 0 bridgehead atoms. The van der Waals surface area contributed by atoms with Gasteiger partial charge in [0.1, 0.15) is 0 Å². The summed E-state index contributed by atoms with van der Waals surface area (Å²) in [5.74, 6) is -0.199. The molecule has 1 saturated carbocycles. The molecule has 2 rings (SSSR count). The third-order valence-electron chi connectivity index (χ3n) is 4.78. The molecular formula is C18H26ClF3N2O. The number of alkyl halides is 3. The SMILES string of the molecule is CC(Cc1cccc(C(F)(F)F)c1)C(=O)NC1CCCCC1CN.Cl. The number of nitrogens with one attached hydrogen (secondary N) is 1. The van der Waals surface area contributed by atoms with Gasteiger partial charge in [0, 0.05) is 12.0 Å². The van der Waals surface area contributed by atoms with E-state index in [1.807, 2.05) is 0 Å². The van der Waals surface area contributed by atoms with Crippen LogP contribution < -0.4 is 11.1 Å². The standard InChI is InChI=1S/C18H25F3N2O.ClH/c1-12(9-13-5-4-7-15(10-13)18(19,20)21)17(24)23-16-8-3-2-6-14(16)11-22;/h4-5,7,10,12,14,16H,2-3,6,8-9,11,22H2,1H3,(H,23,24);1H. The zero-order valence-corrected chi connectivity index (χ0v) is 15.1. The molecule has 0 aliphatic heterocycles. The lowest BCUT2D eigenvalue weighted by molar-refractivity contribution is -0.137. The fourth-order valence-electron chi connectivity index (χ4n) is 3.33. The van der Waals surface area contributed by atoms with Crippen molar-refractivity contribution in [1.82, 2.24) is 5.32 Å². The Labute approximate surface area is 153 Å². The van der Waals surface area contributed by atoms with Crippen LogP contribution in [0.25, 0.3) is 0 Å². The molecule has 1 aliphatic carbocycles. The first-order chi connectivity index (χ1) is 11.3. The van der Waals surface area contributed by atoms with Crippen molar-refractivity contribution in [3.05, 3.63) is 35.4 Å². The van der Waals surface area contributed by atoms with Gasteiger partial charge in [0.2, 0.25) is 5.91 Å². The summed E-state index contributed by atoms with van der Waals surface area (Å²) in [4.78, 5) is 12.4. The van der Waals surface area contributed by atoms with E-state index in [-0.39, 0.29) is 36.7 Å². The molecule has 7 heteroatoms. The summed E-state index contributed by atoms with van der Waals surface area (Å²) in [5.41, 5.74) is 5.61. The van der Waals surface area contributed by atoms with Gasteiger partial charge in [0.25, 0.3) is 0 Å². The normalized spacial score (nSPS) is 22.0. The molecule has 3 atom stereocenters. The van der Waals surface area contributed by atoms with Crippen molar-refractivity contribution in [2.75, 3.05) is 6.54 Å². The van der Waals surface area contributed by atoms with Crippen LogP contribution in [0.1, 0.15) is 43.7 Å². The molecular weight excluding hydrogens is 353 g/mol. The molecule has 25 heavy (non-hydrogen) atoms. The van der Waals surface area contributed by atoms with Crippen LogP contribution in [0.5, 0.6) is 0 Å². The molecule has 0 spiro atoms. The summed E-state index contributed by atoms with van der Waals surface area (Å²) < 4.78 is 38.3.